The van der Waals surface area contributed by atoms with Crippen molar-refractivity contribution in [2.75, 3.05) is 18.0 Å². The molecule has 0 aliphatic carbocycles. The van der Waals surface area contributed by atoms with Gasteiger partial charge in [-0.05, 0) is 43.2 Å². The molecule has 0 atom stereocenters. The van der Waals surface area contributed by atoms with Crippen molar-refractivity contribution < 1.29 is 9.59 Å². The molecule has 25 heavy (non-hydrogen) atoms. The van der Waals surface area contributed by atoms with Crippen molar-refractivity contribution in [3.05, 3.63) is 59.3 Å². The normalized spacial score (nSPS) is 13.1. The molecule has 1 aliphatic rings. The maximum Gasteiger partial charge on any atom is 0.251 e. The van der Waals surface area contributed by atoms with Gasteiger partial charge in [0.2, 0.25) is 5.91 Å². The minimum absolute atomic E-state index is 0.0183. The number of fused-ring (bicyclic) bond motifs is 2. The molecule has 6 heteroatoms. The Labute approximate surface area is 144 Å². The van der Waals surface area contributed by atoms with Crippen molar-refractivity contribution >= 4 is 28.4 Å². The summed E-state index contributed by atoms with van der Waals surface area (Å²) in [6, 6.07) is 13.2. The molecule has 1 aliphatic heterocycles. The largest absolute Gasteiger partial charge is 0.343 e. The average Bonchev–Trinajstić information content (AvgIpc) is 3.23. The molecule has 0 spiro atoms. The highest BCUT2D eigenvalue weighted by molar-refractivity contribution is 6.02. The summed E-state index contributed by atoms with van der Waals surface area (Å²) >= 11 is 0. The van der Waals surface area contributed by atoms with Crippen molar-refractivity contribution in [2.24, 2.45) is 0 Å². The fraction of sp³-hybridized carbons (Fsp3) is 0.211. The number of hydrogen-bond donors (Lipinski definition) is 2. The Morgan fingerprint density at radius 1 is 1.24 bits per heavy atom. The van der Waals surface area contributed by atoms with Crippen molar-refractivity contribution in [3.63, 3.8) is 0 Å². The molecule has 0 saturated carbocycles. The number of aromatic amines is 1. The zero-order valence-electron chi connectivity index (χ0n) is 13.9. The van der Waals surface area contributed by atoms with Crippen LogP contribution in [0, 0.1) is 6.92 Å². The molecule has 2 aromatic carbocycles. The minimum Gasteiger partial charge on any atom is -0.343 e. The third-order valence-corrected chi connectivity index (χ3v) is 4.60. The van der Waals surface area contributed by atoms with E-state index in [1.54, 1.807) is 23.1 Å². The maximum atomic E-state index is 12.5. The molecule has 0 fully saturated rings. The predicted molar refractivity (Wildman–Crippen MR) is 95.7 cm³/mol. The van der Waals surface area contributed by atoms with Gasteiger partial charge in [-0.2, -0.15) is 5.10 Å². The lowest BCUT2D eigenvalue weighted by atomic mass is 10.1. The van der Waals surface area contributed by atoms with E-state index in [1.165, 1.54) is 5.56 Å². The SMILES string of the molecule is Cc1[nH]nc2ccc(C(=O)NCC(=O)N3CCc4ccccc43)cc12. The summed E-state index contributed by atoms with van der Waals surface area (Å²) in [6.07, 6.45) is 0.853. The molecule has 2 N–H and O–H groups in total. The van der Waals surface area contributed by atoms with Gasteiger partial charge >= 0.3 is 0 Å². The fourth-order valence-corrected chi connectivity index (χ4v) is 3.23. The van der Waals surface area contributed by atoms with Crippen LogP contribution in [0.1, 0.15) is 21.6 Å². The highest BCUT2D eigenvalue weighted by atomic mass is 16.2. The Morgan fingerprint density at radius 3 is 2.96 bits per heavy atom. The summed E-state index contributed by atoms with van der Waals surface area (Å²) in [7, 11) is 0. The molecule has 3 aromatic rings. The number of nitrogens with one attached hydrogen (secondary N) is 2. The third kappa shape index (κ3) is 2.76. The first-order valence-corrected chi connectivity index (χ1v) is 8.24. The van der Waals surface area contributed by atoms with E-state index in [9.17, 15) is 9.59 Å². The first-order chi connectivity index (χ1) is 12.1. The van der Waals surface area contributed by atoms with Crippen molar-refractivity contribution in [2.45, 2.75) is 13.3 Å². The summed E-state index contributed by atoms with van der Waals surface area (Å²) in [5.74, 6) is -0.359. The number of benzene rings is 2. The van der Waals surface area contributed by atoms with Crippen molar-refractivity contribution in [1.29, 1.82) is 0 Å². The zero-order valence-corrected chi connectivity index (χ0v) is 13.9. The Kier molecular flexibility index (Phi) is 3.72. The van der Waals surface area contributed by atoms with Gasteiger partial charge in [-0.1, -0.05) is 18.2 Å². The van der Waals surface area contributed by atoms with Crippen LogP contribution < -0.4 is 10.2 Å². The van der Waals surface area contributed by atoms with Gasteiger partial charge in [-0.15, -0.1) is 0 Å². The number of nitrogens with zero attached hydrogens (tertiary/aromatic N) is 2. The summed E-state index contributed by atoms with van der Waals surface area (Å²) in [5, 5.41) is 10.7. The van der Waals surface area contributed by atoms with Gasteiger partial charge in [0.15, 0.2) is 0 Å². The molecule has 1 aromatic heterocycles. The summed E-state index contributed by atoms with van der Waals surface area (Å²) in [5.41, 5.74) is 4.36. The van der Waals surface area contributed by atoms with Gasteiger partial charge in [-0.25, -0.2) is 0 Å². The lowest BCUT2D eigenvalue weighted by Crippen LogP contribution is -2.39. The van der Waals surface area contributed by atoms with E-state index in [2.05, 4.69) is 15.5 Å². The lowest BCUT2D eigenvalue weighted by Gasteiger charge is -2.17. The van der Waals surface area contributed by atoms with Crippen LogP contribution in [-0.2, 0) is 11.2 Å². The van der Waals surface area contributed by atoms with Crippen LogP contribution in [0.4, 0.5) is 5.69 Å². The van der Waals surface area contributed by atoms with Crippen LogP contribution in [0.2, 0.25) is 0 Å². The Bertz CT molecular complexity index is 976. The van der Waals surface area contributed by atoms with Crippen molar-refractivity contribution in [3.8, 4) is 0 Å². The molecule has 2 heterocycles. The zero-order chi connectivity index (χ0) is 17.4. The Balaban J connectivity index is 1.44. The summed E-state index contributed by atoms with van der Waals surface area (Å²) in [4.78, 5) is 26.6. The second-order valence-corrected chi connectivity index (χ2v) is 6.19. The number of aromatic nitrogens is 2. The van der Waals surface area contributed by atoms with E-state index in [4.69, 9.17) is 0 Å². The summed E-state index contributed by atoms with van der Waals surface area (Å²) < 4.78 is 0. The smallest absolute Gasteiger partial charge is 0.251 e. The monoisotopic (exact) mass is 334 g/mol. The molecule has 6 nitrogen and oxygen atoms in total. The van der Waals surface area contributed by atoms with E-state index in [0.29, 0.717) is 12.1 Å². The molecular formula is C19H18N4O2. The lowest BCUT2D eigenvalue weighted by molar-refractivity contribution is -0.117. The highest BCUT2D eigenvalue weighted by Gasteiger charge is 2.24. The van der Waals surface area contributed by atoms with Crippen molar-refractivity contribution in [1.82, 2.24) is 15.5 Å². The number of carbonyl (C=O) groups excluding carboxylic acids is 2. The first kappa shape index (κ1) is 15.4. The maximum absolute atomic E-state index is 12.5. The topological polar surface area (TPSA) is 78.1 Å². The molecule has 4 rings (SSSR count). The number of rotatable bonds is 3. The molecule has 2 amide bonds. The molecule has 0 bridgehead atoms. The molecule has 0 saturated heterocycles. The van der Waals surface area contributed by atoms with E-state index in [1.807, 2.05) is 31.2 Å². The number of H-pyrrole nitrogens is 1. The van der Waals surface area contributed by atoms with Crippen LogP contribution in [0.15, 0.2) is 42.5 Å². The van der Waals surface area contributed by atoms with Gasteiger partial charge in [0, 0.05) is 28.9 Å². The summed E-state index contributed by atoms with van der Waals surface area (Å²) in [6.45, 7) is 2.55. The van der Waals surface area contributed by atoms with Crippen LogP contribution in [0.5, 0.6) is 0 Å². The van der Waals surface area contributed by atoms with E-state index in [-0.39, 0.29) is 18.4 Å². The van der Waals surface area contributed by atoms with Gasteiger partial charge in [0.25, 0.3) is 5.91 Å². The molecule has 0 radical (unpaired) electrons. The number of para-hydroxylation sites is 1. The number of anilines is 1. The second-order valence-electron chi connectivity index (χ2n) is 6.19. The third-order valence-electron chi connectivity index (χ3n) is 4.60. The molecular weight excluding hydrogens is 316 g/mol. The van der Waals surface area contributed by atoms with Gasteiger partial charge in [0.1, 0.15) is 0 Å². The number of carbonyl (C=O) groups is 2. The Morgan fingerprint density at radius 2 is 2.08 bits per heavy atom. The number of amides is 2. The van der Waals surface area contributed by atoms with E-state index in [0.717, 1.165) is 28.7 Å². The first-order valence-electron chi connectivity index (χ1n) is 8.24. The number of hydrogen-bond acceptors (Lipinski definition) is 3. The van der Waals surface area contributed by atoms with Crippen LogP contribution in [0.25, 0.3) is 10.9 Å². The van der Waals surface area contributed by atoms with Crippen LogP contribution in [0.3, 0.4) is 0 Å². The standard InChI is InChI=1S/C19H18N4O2/c1-12-15-10-14(6-7-16(15)22-21-12)19(25)20-11-18(24)23-9-8-13-4-2-3-5-17(13)23/h2-7,10H,8-9,11H2,1H3,(H,20,25)(H,21,22). The van der Waals surface area contributed by atoms with Gasteiger partial charge < -0.3 is 10.2 Å². The fourth-order valence-electron chi connectivity index (χ4n) is 3.23. The average molecular weight is 334 g/mol. The quantitative estimate of drug-likeness (QED) is 0.771. The van der Waals surface area contributed by atoms with Crippen LogP contribution in [-0.4, -0.2) is 35.1 Å². The van der Waals surface area contributed by atoms with Crippen LogP contribution >= 0.6 is 0 Å². The molecule has 0 unspecified atom stereocenters. The van der Waals surface area contributed by atoms with E-state index >= 15 is 0 Å². The molecule has 126 valence electrons. The van der Waals surface area contributed by atoms with Gasteiger partial charge in [0.05, 0.1) is 12.1 Å². The Hall–Kier alpha value is -3.15. The predicted octanol–water partition coefficient (Wildman–Crippen LogP) is 2.19. The number of aryl methyl sites for hydroxylation is 1. The van der Waals surface area contributed by atoms with E-state index < -0.39 is 0 Å². The second kappa shape index (κ2) is 6.05. The van der Waals surface area contributed by atoms with Gasteiger partial charge in [-0.3, -0.25) is 14.7 Å². The minimum atomic E-state index is -0.261. The highest BCUT2D eigenvalue weighted by Crippen LogP contribution is 2.27.